The fourth-order valence-corrected chi connectivity index (χ4v) is 2.40. The molecule has 15 heavy (non-hydrogen) atoms. The molecule has 1 aromatic carbocycles. The van der Waals surface area contributed by atoms with Crippen LogP contribution in [0.25, 0.3) is 10.2 Å². The maximum absolute atomic E-state index is 10.8. The van der Waals surface area contributed by atoms with Crippen molar-refractivity contribution in [3.8, 4) is 0 Å². The normalized spacial score (nSPS) is 10.8. The Labute approximate surface area is 92.7 Å². The molecule has 1 N–H and O–H groups in total. The van der Waals surface area contributed by atoms with Gasteiger partial charge >= 0.3 is 0 Å². The Hall–Kier alpha value is -1.13. The van der Waals surface area contributed by atoms with Gasteiger partial charge in [0.25, 0.3) is 0 Å². The van der Waals surface area contributed by atoms with Gasteiger partial charge in [0.15, 0.2) is 0 Å². The second-order valence-electron chi connectivity index (χ2n) is 3.50. The molecular weight excluding hydrogens is 208 g/mol. The number of fused-ring (bicyclic) bond motifs is 1. The average molecular weight is 221 g/mol. The van der Waals surface area contributed by atoms with Gasteiger partial charge in [0.2, 0.25) is 0 Å². The van der Waals surface area contributed by atoms with Crippen LogP contribution in [0.4, 0.5) is 5.69 Å². The molecule has 0 spiro atoms. The van der Waals surface area contributed by atoms with Crippen molar-refractivity contribution in [2.45, 2.75) is 26.2 Å². The maximum Gasteiger partial charge on any atom is 0.0864 e. The second-order valence-corrected chi connectivity index (χ2v) is 4.38. The molecule has 0 saturated heterocycles. The smallest absolute Gasteiger partial charge is 0.0864 e. The van der Waals surface area contributed by atoms with Crippen molar-refractivity contribution in [2.75, 3.05) is 5.48 Å². The number of benzene rings is 1. The first-order valence-electron chi connectivity index (χ1n) is 5.10. The third-order valence-electron chi connectivity index (χ3n) is 2.50. The van der Waals surface area contributed by atoms with E-state index in [0.29, 0.717) is 5.69 Å². The van der Waals surface area contributed by atoms with E-state index < -0.39 is 0 Å². The van der Waals surface area contributed by atoms with Crippen LogP contribution in [-0.2, 0) is 6.42 Å². The van der Waals surface area contributed by atoms with Crippen molar-refractivity contribution in [2.24, 2.45) is 0 Å². The Kier molecular flexibility index (Phi) is 3.18. The lowest BCUT2D eigenvalue weighted by molar-refractivity contribution is 0.799. The molecule has 0 fully saturated rings. The summed E-state index contributed by atoms with van der Waals surface area (Å²) in [5.41, 5.74) is 6.54. The number of nitrogens with zero attached hydrogens (tertiary/aromatic N) is 1. The molecule has 0 amide bonds. The first kappa shape index (κ1) is 10.4. The van der Waals surface area contributed by atoms with Crippen molar-refractivity contribution in [1.29, 1.82) is 0 Å². The van der Waals surface area contributed by atoms with E-state index in [2.05, 4.69) is 11.9 Å². The molecular formula is C11H13N2OS-. The third-order valence-corrected chi connectivity index (χ3v) is 3.29. The van der Waals surface area contributed by atoms with Gasteiger partial charge in [0.05, 0.1) is 15.7 Å². The van der Waals surface area contributed by atoms with E-state index >= 15 is 0 Å². The van der Waals surface area contributed by atoms with Gasteiger partial charge in [-0.15, -0.1) is 11.3 Å². The predicted molar refractivity (Wildman–Crippen MR) is 65.2 cm³/mol. The van der Waals surface area contributed by atoms with Crippen molar-refractivity contribution in [3.63, 3.8) is 0 Å². The highest BCUT2D eigenvalue weighted by atomic mass is 32.1. The molecule has 0 unspecified atom stereocenters. The molecule has 0 saturated carbocycles. The molecule has 0 radical (unpaired) electrons. The van der Waals surface area contributed by atoms with Crippen LogP contribution in [-0.4, -0.2) is 4.98 Å². The molecule has 80 valence electrons. The van der Waals surface area contributed by atoms with E-state index in [0.717, 1.165) is 35.0 Å². The predicted octanol–water partition coefficient (Wildman–Crippen LogP) is 3.55. The van der Waals surface area contributed by atoms with E-state index in [9.17, 15) is 5.21 Å². The van der Waals surface area contributed by atoms with Gasteiger partial charge < -0.3 is 10.7 Å². The fraction of sp³-hybridized carbons (Fsp3) is 0.364. The van der Waals surface area contributed by atoms with E-state index in [1.165, 1.54) is 0 Å². The van der Waals surface area contributed by atoms with Gasteiger partial charge in [0, 0.05) is 11.3 Å². The van der Waals surface area contributed by atoms with Crippen molar-refractivity contribution < 1.29 is 0 Å². The number of thiazole rings is 1. The molecule has 2 rings (SSSR count). The molecule has 0 atom stereocenters. The van der Waals surface area contributed by atoms with Gasteiger partial charge in [0.1, 0.15) is 0 Å². The van der Waals surface area contributed by atoms with Crippen LogP contribution in [0, 0.1) is 5.21 Å². The summed E-state index contributed by atoms with van der Waals surface area (Å²) in [5.74, 6) is 0. The van der Waals surface area contributed by atoms with E-state index in [1.54, 1.807) is 11.3 Å². The van der Waals surface area contributed by atoms with Gasteiger partial charge in [-0.1, -0.05) is 13.3 Å². The molecule has 0 aliphatic carbocycles. The molecule has 2 aromatic rings. The summed E-state index contributed by atoms with van der Waals surface area (Å²) in [6.45, 7) is 2.14. The maximum atomic E-state index is 10.8. The summed E-state index contributed by atoms with van der Waals surface area (Å²) >= 11 is 1.61. The zero-order valence-electron chi connectivity index (χ0n) is 8.62. The van der Waals surface area contributed by atoms with E-state index in [-0.39, 0.29) is 0 Å². The summed E-state index contributed by atoms with van der Waals surface area (Å²) < 4.78 is 1.15. The summed E-state index contributed by atoms with van der Waals surface area (Å²) in [4.78, 5) is 4.32. The minimum absolute atomic E-state index is 0.668. The summed E-state index contributed by atoms with van der Waals surface area (Å²) in [6, 6.07) is 3.79. The first-order valence-corrected chi connectivity index (χ1v) is 5.98. The lowest BCUT2D eigenvalue weighted by atomic mass is 10.1. The number of unbranched alkanes of at least 4 members (excludes halogenated alkanes) is 1. The lowest BCUT2D eigenvalue weighted by Crippen LogP contribution is -1.95. The van der Waals surface area contributed by atoms with Crippen LogP contribution in [0.5, 0.6) is 0 Å². The van der Waals surface area contributed by atoms with Crippen LogP contribution in [0.2, 0.25) is 0 Å². The van der Waals surface area contributed by atoms with Crippen molar-refractivity contribution >= 4 is 27.2 Å². The molecule has 4 heteroatoms. The Morgan fingerprint density at radius 3 is 3.07 bits per heavy atom. The number of nitrogens with one attached hydrogen (secondary N) is 1. The highest BCUT2D eigenvalue weighted by molar-refractivity contribution is 7.16. The molecule has 0 bridgehead atoms. The Morgan fingerprint density at radius 2 is 2.33 bits per heavy atom. The zero-order valence-corrected chi connectivity index (χ0v) is 9.43. The number of hydrogen-bond donors (Lipinski definition) is 1. The molecule has 0 aliphatic heterocycles. The van der Waals surface area contributed by atoms with Crippen molar-refractivity contribution in [1.82, 2.24) is 4.98 Å². The van der Waals surface area contributed by atoms with Gasteiger partial charge in [-0.25, -0.2) is 4.98 Å². The SMILES string of the molecule is CCCCc1c(N[O-])ccc2scnc12. The van der Waals surface area contributed by atoms with Crippen LogP contribution < -0.4 is 5.48 Å². The van der Waals surface area contributed by atoms with E-state index in [1.807, 2.05) is 23.1 Å². The summed E-state index contributed by atoms with van der Waals surface area (Å²) in [6.07, 6.45) is 3.13. The Morgan fingerprint density at radius 1 is 1.47 bits per heavy atom. The first-order chi connectivity index (χ1) is 7.36. The second kappa shape index (κ2) is 4.59. The highest BCUT2D eigenvalue weighted by Gasteiger charge is 2.07. The average Bonchev–Trinajstić information content (AvgIpc) is 2.73. The third kappa shape index (κ3) is 1.96. The highest BCUT2D eigenvalue weighted by Crippen LogP contribution is 2.28. The molecule has 0 aliphatic rings. The van der Waals surface area contributed by atoms with Gasteiger partial charge in [-0.05, 0) is 25.0 Å². The summed E-state index contributed by atoms with van der Waals surface area (Å²) in [7, 11) is 0. The number of anilines is 1. The number of hydrogen-bond acceptors (Lipinski definition) is 4. The van der Waals surface area contributed by atoms with E-state index in [4.69, 9.17) is 0 Å². The number of rotatable bonds is 4. The summed E-state index contributed by atoms with van der Waals surface area (Å²) in [5, 5.41) is 10.8. The molecule has 3 nitrogen and oxygen atoms in total. The van der Waals surface area contributed by atoms with Crippen LogP contribution in [0.15, 0.2) is 17.6 Å². The standard InChI is InChI=1S/C11H13N2OS/c1-2-3-4-8-9(13-14)5-6-10-11(8)12-7-15-10/h5-7,13H,2-4H2,1H3/q-1. The topological polar surface area (TPSA) is 48.0 Å². The fourth-order valence-electron chi connectivity index (χ4n) is 1.69. The molecule has 1 aromatic heterocycles. The van der Waals surface area contributed by atoms with Crippen LogP contribution in [0.3, 0.4) is 0 Å². The molecule has 1 heterocycles. The van der Waals surface area contributed by atoms with Crippen LogP contribution >= 0.6 is 11.3 Å². The lowest BCUT2D eigenvalue weighted by Gasteiger charge is -2.15. The van der Waals surface area contributed by atoms with Gasteiger partial charge in [-0.2, -0.15) is 0 Å². The number of aryl methyl sites for hydroxylation is 1. The minimum atomic E-state index is 0.668. The Balaban J connectivity index is 2.48. The van der Waals surface area contributed by atoms with Gasteiger partial charge in [-0.3, -0.25) is 0 Å². The largest absolute Gasteiger partial charge is 0.761 e. The van der Waals surface area contributed by atoms with Crippen LogP contribution in [0.1, 0.15) is 25.3 Å². The number of aromatic nitrogens is 1. The quantitative estimate of drug-likeness (QED) is 0.803. The minimum Gasteiger partial charge on any atom is -0.761 e. The monoisotopic (exact) mass is 221 g/mol. The zero-order chi connectivity index (χ0) is 10.7. The Bertz CT molecular complexity index is 453. The van der Waals surface area contributed by atoms with Crippen molar-refractivity contribution in [3.05, 3.63) is 28.4 Å².